The molecule has 0 saturated carbocycles. The number of rotatable bonds is 3. The first kappa shape index (κ1) is 22.0. The van der Waals surface area contributed by atoms with Crippen molar-refractivity contribution in [3.8, 4) is 0 Å². The Labute approximate surface area is 128 Å². The second kappa shape index (κ2) is 9.77. The fourth-order valence-electron chi connectivity index (χ4n) is 0.639. The second-order valence-corrected chi connectivity index (χ2v) is 6.41. The standard InChI is InChI=1S/C9H17O.C5H11.Y/c1-5-8(10)6-7-9(2,3)4;1-5(2,3)4;/h1,5-7H2,2-4H3;1H2,2-4H3;/q2*-1;. The number of carbonyl (C=O) groups is 1. The molecule has 0 saturated heterocycles. The minimum absolute atomic E-state index is 0. The van der Waals surface area contributed by atoms with Crippen LogP contribution in [0.25, 0.3) is 0 Å². The third-order valence-electron chi connectivity index (χ3n) is 1.43. The molecule has 0 fully saturated rings. The normalized spacial score (nSPS) is 11.0. The van der Waals surface area contributed by atoms with Crippen LogP contribution in [0.1, 0.15) is 60.8 Å². The van der Waals surface area contributed by atoms with Crippen LogP contribution in [0, 0.1) is 24.7 Å². The Morgan fingerprint density at radius 3 is 1.56 bits per heavy atom. The summed E-state index contributed by atoms with van der Waals surface area (Å²) in [4.78, 5) is 10.8. The molecule has 0 aromatic rings. The van der Waals surface area contributed by atoms with Crippen LogP contribution in [0.4, 0.5) is 0 Å². The van der Waals surface area contributed by atoms with E-state index in [0.717, 1.165) is 6.42 Å². The SMILES string of the molecule is [CH2-]C(C)(C)C.[CH2-]CC(=O)CCC(C)(C)C.[Y]. The number of carbonyl (C=O) groups excluding carboxylic acids is 1. The van der Waals surface area contributed by atoms with Gasteiger partial charge in [-0.15, -0.1) is 6.42 Å². The van der Waals surface area contributed by atoms with Crippen molar-refractivity contribution >= 4 is 5.78 Å². The third kappa shape index (κ3) is 36.4. The first-order chi connectivity index (χ1) is 6.45. The maximum atomic E-state index is 10.8. The van der Waals surface area contributed by atoms with Crippen LogP contribution in [-0.2, 0) is 37.5 Å². The predicted octanol–water partition coefficient (Wildman–Crippen LogP) is 4.47. The molecule has 0 heterocycles. The van der Waals surface area contributed by atoms with E-state index in [4.69, 9.17) is 0 Å². The van der Waals surface area contributed by atoms with E-state index in [1.165, 1.54) is 0 Å². The minimum atomic E-state index is 0. The van der Waals surface area contributed by atoms with Crippen LogP contribution in [0.3, 0.4) is 0 Å². The van der Waals surface area contributed by atoms with Gasteiger partial charge in [0.15, 0.2) is 0 Å². The summed E-state index contributed by atoms with van der Waals surface area (Å²) < 4.78 is 0. The number of Topliss-reactive ketones (excluding diaryl/α,β-unsaturated/α-hetero) is 1. The fraction of sp³-hybridized carbons (Fsp3) is 0.786. The van der Waals surface area contributed by atoms with Gasteiger partial charge in [0.05, 0.1) is 0 Å². The summed E-state index contributed by atoms with van der Waals surface area (Å²) in [6, 6.07) is 0. The van der Waals surface area contributed by atoms with Crippen molar-refractivity contribution in [2.75, 3.05) is 0 Å². The van der Waals surface area contributed by atoms with Crippen LogP contribution < -0.4 is 0 Å². The summed E-state index contributed by atoms with van der Waals surface area (Å²) in [6.45, 7) is 20.0. The molecule has 16 heavy (non-hydrogen) atoms. The Hall–Kier alpha value is 0.774. The average Bonchev–Trinajstić information content (AvgIpc) is 1.95. The van der Waals surface area contributed by atoms with Gasteiger partial charge in [-0.1, -0.05) is 41.5 Å². The van der Waals surface area contributed by atoms with Crippen molar-refractivity contribution < 1.29 is 37.5 Å². The van der Waals surface area contributed by atoms with Crippen LogP contribution >= 0.6 is 0 Å². The molecule has 0 rings (SSSR count). The van der Waals surface area contributed by atoms with Crippen LogP contribution in [0.2, 0.25) is 0 Å². The van der Waals surface area contributed by atoms with Gasteiger partial charge < -0.3 is 18.6 Å². The molecule has 1 radical (unpaired) electrons. The summed E-state index contributed by atoms with van der Waals surface area (Å²) in [6.07, 6.45) is 2.10. The van der Waals surface area contributed by atoms with Crippen molar-refractivity contribution in [3.63, 3.8) is 0 Å². The van der Waals surface area contributed by atoms with E-state index in [-0.39, 0.29) is 49.3 Å². The predicted molar refractivity (Wildman–Crippen MR) is 68.5 cm³/mol. The van der Waals surface area contributed by atoms with Crippen molar-refractivity contribution in [2.24, 2.45) is 10.8 Å². The van der Waals surface area contributed by atoms with Gasteiger partial charge in [0, 0.05) is 39.1 Å². The Balaban J connectivity index is -0.000000242. The molecule has 0 unspecified atom stereocenters. The molecule has 0 aliphatic rings. The van der Waals surface area contributed by atoms with Gasteiger partial charge in [-0.05, 0) is 11.8 Å². The molecule has 0 aromatic heterocycles. The van der Waals surface area contributed by atoms with Crippen molar-refractivity contribution in [1.29, 1.82) is 0 Å². The molecule has 0 aliphatic carbocycles. The van der Waals surface area contributed by atoms with Gasteiger partial charge in [0.25, 0.3) is 0 Å². The molecular formula is C14H28OY-2. The Bertz CT molecular complexity index is 166. The van der Waals surface area contributed by atoms with Gasteiger partial charge in [-0.3, -0.25) is 0 Å². The van der Waals surface area contributed by atoms with Gasteiger partial charge in [-0.25, -0.2) is 0 Å². The topological polar surface area (TPSA) is 17.1 Å². The first-order valence-electron chi connectivity index (χ1n) is 5.62. The molecule has 0 aromatic carbocycles. The largest absolute Gasteiger partial charge is 0.338 e. The first-order valence-corrected chi connectivity index (χ1v) is 5.62. The minimum Gasteiger partial charge on any atom is -0.338 e. The maximum absolute atomic E-state index is 10.8. The van der Waals surface area contributed by atoms with E-state index < -0.39 is 0 Å². The average molecular weight is 301 g/mol. The summed E-state index contributed by atoms with van der Waals surface area (Å²) in [5, 5.41) is 0. The van der Waals surface area contributed by atoms with Gasteiger partial charge in [0.1, 0.15) is 5.78 Å². The van der Waals surface area contributed by atoms with Crippen molar-refractivity contribution in [1.82, 2.24) is 0 Å². The van der Waals surface area contributed by atoms with Crippen LogP contribution in [0.15, 0.2) is 0 Å². The van der Waals surface area contributed by atoms with Gasteiger partial charge in [-0.2, -0.15) is 5.41 Å². The second-order valence-electron chi connectivity index (χ2n) is 6.41. The van der Waals surface area contributed by atoms with Crippen LogP contribution in [-0.4, -0.2) is 5.78 Å². The van der Waals surface area contributed by atoms with Gasteiger partial charge >= 0.3 is 0 Å². The van der Waals surface area contributed by atoms with E-state index in [2.05, 4.69) is 55.4 Å². The molecule has 0 amide bonds. The molecule has 0 atom stereocenters. The van der Waals surface area contributed by atoms with E-state index in [1.807, 2.05) is 0 Å². The molecule has 0 aliphatic heterocycles. The molecule has 95 valence electrons. The zero-order valence-corrected chi connectivity index (χ0v) is 14.9. The zero-order chi connectivity index (χ0) is 12.7. The van der Waals surface area contributed by atoms with Gasteiger partial charge in [0.2, 0.25) is 0 Å². The Morgan fingerprint density at radius 2 is 1.38 bits per heavy atom. The zero-order valence-electron chi connectivity index (χ0n) is 12.0. The van der Waals surface area contributed by atoms with Crippen molar-refractivity contribution in [2.45, 2.75) is 60.8 Å². The summed E-state index contributed by atoms with van der Waals surface area (Å²) in [5.41, 5.74) is 0.533. The van der Waals surface area contributed by atoms with E-state index >= 15 is 0 Å². The molecule has 0 spiro atoms. The molecular weight excluding hydrogens is 273 g/mol. The monoisotopic (exact) mass is 301 g/mol. The van der Waals surface area contributed by atoms with Crippen LogP contribution in [0.5, 0.6) is 0 Å². The quantitative estimate of drug-likeness (QED) is 0.703. The number of hydrogen-bond donors (Lipinski definition) is 0. The van der Waals surface area contributed by atoms with Crippen molar-refractivity contribution in [3.05, 3.63) is 13.8 Å². The molecule has 1 nitrogen and oxygen atoms in total. The smallest absolute Gasteiger partial charge is 0.103 e. The summed E-state index contributed by atoms with van der Waals surface area (Å²) in [7, 11) is 0. The Morgan fingerprint density at radius 1 is 1.06 bits per heavy atom. The fourth-order valence-corrected chi connectivity index (χ4v) is 0.639. The van der Waals surface area contributed by atoms with E-state index in [0.29, 0.717) is 12.8 Å². The molecule has 2 heteroatoms. The number of ketones is 1. The molecule has 0 bridgehead atoms. The number of hydrogen-bond acceptors (Lipinski definition) is 1. The van der Waals surface area contributed by atoms with E-state index in [1.54, 1.807) is 0 Å². The third-order valence-corrected chi connectivity index (χ3v) is 1.43. The summed E-state index contributed by atoms with van der Waals surface area (Å²) >= 11 is 0. The maximum Gasteiger partial charge on any atom is 0.103 e. The van der Waals surface area contributed by atoms with E-state index in [9.17, 15) is 4.79 Å². The molecule has 0 N–H and O–H groups in total. The summed E-state index contributed by atoms with van der Waals surface area (Å²) in [5.74, 6) is 0.273. The Kier molecular flexibility index (Phi) is 13.4.